The molecule has 0 aliphatic heterocycles. The Labute approximate surface area is 152 Å². The lowest BCUT2D eigenvalue weighted by Crippen LogP contribution is -2.23. The molecule has 0 radical (unpaired) electrons. The third-order valence-electron chi connectivity index (χ3n) is 3.80. The van der Waals surface area contributed by atoms with Crippen LogP contribution in [0.1, 0.15) is 0 Å². The molecule has 0 bridgehead atoms. The molecule has 3 N–H and O–H groups in total. The zero-order chi connectivity index (χ0) is 18.1. The van der Waals surface area contributed by atoms with Gasteiger partial charge in [-0.3, -0.25) is 14.6 Å². The highest BCUT2D eigenvalue weighted by molar-refractivity contribution is 7.71. The number of rotatable bonds is 3. The average molecular weight is 363 g/mol. The summed E-state index contributed by atoms with van der Waals surface area (Å²) in [6, 6.07) is 17.6. The van der Waals surface area contributed by atoms with Crippen molar-refractivity contribution in [2.24, 2.45) is 0 Å². The fraction of sp³-hybridized carbons (Fsp3) is 0. The molecule has 0 unspecified atom stereocenters. The molecule has 0 saturated carbocycles. The smallest absolute Gasteiger partial charge is 0.267 e. The minimum absolute atomic E-state index is 0.175. The number of nitrogens with one attached hydrogen (secondary N) is 3. The van der Waals surface area contributed by atoms with Crippen LogP contribution in [0.2, 0.25) is 0 Å². The van der Waals surface area contributed by atoms with Crippen LogP contribution >= 0.6 is 12.2 Å². The van der Waals surface area contributed by atoms with Crippen LogP contribution in [0.15, 0.2) is 70.3 Å². The molecule has 7 nitrogen and oxygen atoms in total. The molecule has 2 aromatic carbocycles. The van der Waals surface area contributed by atoms with E-state index in [1.165, 1.54) is 10.6 Å². The number of aromatic nitrogens is 4. The Morgan fingerprint density at radius 3 is 2.46 bits per heavy atom. The number of nitrogens with zero attached hydrogens (tertiary/aromatic N) is 2. The fourth-order valence-corrected chi connectivity index (χ4v) is 2.90. The van der Waals surface area contributed by atoms with Gasteiger partial charge < -0.3 is 10.3 Å². The Kier molecular flexibility index (Phi) is 3.94. The van der Waals surface area contributed by atoms with Crippen molar-refractivity contribution in [2.45, 2.75) is 0 Å². The molecule has 0 aliphatic carbocycles. The first-order chi connectivity index (χ1) is 12.6. The van der Waals surface area contributed by atoms with Gasteiger partial charge in [0, 0.05) is 6.07 Å². The van der Waals surface area contributed by atoms with Crippen LogP contribution in [0.5, 0.6) is 0 Å². The molecule has 8 heteroatoms. The first-order valence-electron chi connectivity index (χ1n) is 7.80. The molecular formula is C18H13N5O2S. The van der Waals surface area contributed by atoms with Crippen molar-refractivity contribution in [1.29, 1.82) is 0 Å². The second kappa shape index (κ2) is 6.41. The molecule has 0 spiro atoms. The van der Waals surface area contributed by atoms with Crippen molar-refractivity contribution in [3.63, 3.8) is 0 Å². The molecule has 4 rings (SSSR count). The number of aromatic amines is 2. The predicted octanol–water partition coefficient (Wildman–Crippen LogP) is 2.88. The summed E-state index contributed by atoms with van der Waals surface area (Å²) in [4.78, 5) is 34.6. The normalized spacial score (nSPS) is 10.8. The summed E-state index contributed by atoms with van der Waals surface area (Å²) < 4.78 is 1.63. The van der Waals surface area contributed by atoms with E-state index in [0.717, 1.165) is 0 Å². The average Bonchev–Trinajstić information content (AvgIpc) is 2.62. The van der Waals surface area contributed by atoms with Gasteiger partial charge in [-0.05, 0) is 36.5 Å². The van der Waals surface area contributed by atoms with Crippen molar-refractivity contribution < 1.29 is 0 Å². The molecule has 0 aliphatic rings. The van der Waals surface area contributed by atoms with Gasteiger partial charge in [-0.25, -0.2) is 9.55 Å². The van der Waals surface area contributed by atoms with E-state index < -0.39 is 0 Å². The maximum Gasteiger partial charge on any atom is 0.267 e. The maximum absolute atomic E-state index is 13.1. The topological polar surface area (TPSA) is 95.6 Å². The number of hydrogen-bond acceptors (Lipinski definition) is 5. The zero-order valence-corrected chi connectivity index (χ0v) is 14.2. The Balaban J connectivity index is 1.99. The van der Waals surface area contributed by atoms with Gasteiger partial charge in [0.1, 0.15) is 5.82 Å². The van der Waals surface area contributed by atoms with Crippen LogP contribution in [-0.2, 0) is 0 Å². The predicted molar refractivity (Wildman–Crippen MR) is 103 cm³/mol. The van der Waals surface area contributed by atoms with Gasteiger partial charge in [0.05, 0.1) is 16.6 Å². The first-order valence-corrected chi connectivity index (χ1v) is 8.20. The molecule has 26 heavy (non-hydrogen) atoms. The summed E-state index contributed by atoms with van der Waals surface area (Å²) in [6.07, 6.45) is 0. The Morgan fingerprint density at radius 1 is 0.962 bits per heavy atom. The van der Waals surface area contributed by atoms with E-state index in [4.69, 9.17) is 12.2 Å². The molecule has 128 valence electrons. The number of hydrogen-bond donors (Lipinski definition) is 3. The van der Waals surface area contributed by atoms with Crippen molar-refractivity contribution in [3.05, 3.63) is 86.1 Å². The Bertz CT molecular complexity index is 1250. The maximum atomic E-state index is 13.1. The summed E-state index contributed by atoms with van der Waals surface area (Å²) in [7, 11) is 0. The minimum atomic E-state index is -0.356. The number of fused-ring (bicyclic) bond motifs is 1. The van der Waals surface area contributed by atoms with E-state index in [-0.39, 0.29) is 21.8 Å². The van der Waals surface area contributed by atoms with Crippen molar-refractivity contribution in [1.82, 2.24) is 19.5 Å². The largest absolute Gasteiger partial charge is 0.318 e. The van der Waals surface area contributed by atoms with Gasteiger partial charge in [-0.2, -0.15) is 0 Å². The monoisotopic (exact) mass is 363 g/mol. The van der Waals surface area contributed by atoms with Gasteiger partial charge in [-0.15, -0.1) is 0 Å². The SMILES string of the molecule is O=c1cc(Nc2nc3ccccc3c(=O)n2-c2ccccc2)[nH]c(=S)[nH]1. The summed E-state index contributed by atoms with van der Waals surface area (Å²) in [5.74, 6) is 0.613. The summed E-state index contributed by atoms with van der Waals surface area (Å²) in [5.41, 5.74) is 0.635. The van der Waals surface area contributed by atoms with Crippen molar-refractivity contribution in [2.75, 3.05) is 5.32 Å². The molecule has 0 fully saturated rings. The summed E-state index contributed by atoms with van der Waals surface area (Å²) in [5, 5.41) is 3.50. The van der Waals surface area contributed by atoms with E-state index in [1.807, 2.05) is 36.4 Å². The number of H-pyrrole nitrogens is 2. The van der Waals surface area contributed by atoms with Gasteiger partial charge in [0.15, 0.2) is 4.77 Å². The second-order valence-electron chi connectivity index (χ2n) is 5.56. The van der Waals surface area contributed by atoms with E-state index in [9.17, 15) is 9.59 Å². The third-order valence-corrected chi connectivity index (χ3v) is 4.00. The number of anilines is 2. The van der Waals surface area contributed by atoms with Crippen LogP contribution in [0.25, 0.3) is 16.6 Å². The van der Waals surface area contributed by atoms with Crippen molar-refractivity contribution >= 4 is 34.9 Å². The van der Waals surface area contributed by atoms with E-state index in [2.05, 4.69) is 20.3 Å². The van der Waals surface area contributed by atoms with Crippen LogP contribution in [0.3, 0.4) is 0 Å². The molecule has 4 aromatic rings. The molecule has 0 saturated heterocycles. The number of para-hydroxylation sites is 2. The second-order valence-corrected chi connectivity index (χ2v) is 5.96. The fourth-order valence-electron chi connectivity index (χ4n) is 2.69. The standard InChI is InChI=1S/C18H13N5O2S/c24-15-10-14(21-18(26)22-15)20-17-19-13-9-5-4-8-12(13)16(25)23(17)11-6-2-1-3-7-11/h1-10H,(H3,19,20,21,22,24,26). The highest BCUT2D eigenvalue weighted by Gasteiger charge is 2.13. The minimum Gasteiger partial charge on any atom is -0.318 e. The Morgan fingerprint density at radius 2 is 1.69 bits per heavy atom. The van der Waals surface area contributed by atoms with E-state index in [1.54, 1.807) is 18.2 Å². The first kappa shape index (κ1) is 16.0. The third kappa shape index (κ3) is 2.93. The van der Waals surface area contributed by atoms with E-state index in [0.29, 0.717) is 22.4 Å². The van der Waals surface area contributed by atoms with Gasteiger partial charge >= 0.3 is 0 Å². The van der Waals surface area contributed by atoms with Crippen LogP contribution in [0.4, 0.5) is 11.8 Å². The lowest BCUT2D eigenvalue weighted by Gasteiger charge is -2.14. The van der Waals surface area contributed by atoms with Gasteiger partial charge in [-0.1, -0.05) is 30.3 Å². The highest BCUT2D eigenvalue weighted by atomic mass is 32.1. The molecule has 0 atom stereocenters. The van der Waals surface area contributed by atoms with Crippen LogP contribution in [-0.4, -0.2) is 19.5 Å². The summed E-state index contributed by atoms with van der Waals surface area (Å²) in [6.45, 7) is 0. The molecular weight excluding hydrogens is 350 g/mol. The van der Waals surface area contributed by atoms with E-state index >= 15 is 0 Å². The lowest BCUT2D eigenvalue weighted by atomic mass is 10.2. The number of benzene rings is 2. The lowest BCUT2D eigenvalue weighted by molar-refractivity contribution is 0.966. The van der Waals surface area contributed by atoms with Crippen LogP contribution in [0, 0.1) is 4.77 Å². The Hall–Kier alpha value is -3.52. The quantitative estimate of drug-likeness (QED) is 0.487. The highest BCUT2D eigenvalue weighted by Crippen LogP contribution is 2.18. The summed E-state index contributed by atoms with van der Waals surface area (Å²) >= 11 is 4.99. The van der Waals surface area contributed by atoms with Gasteiger partial charge in [0.25, 0.3) is 11.1 Å². The van der Waals surface area contributed by atoms with Gasteiger partial charge in [0.2, 0.25) is 5.95 Å². The molecule has 0 amide bonds. The molecule has 2 aromatic heterocycles. The zero-order valence-electron chi connectivity index (χ0n) is 13.4. The van der Waals surface area contributed by atoms with Crippen LogP contribution < -0.4 is 16.4 Å². The molecule has 2 heterocycles. The van der Waals surface area contributed by atoms with Crippen molar-refractivity contribution in [3.8, 4) is 5.69 Å².